The van der Waals surface area contributed by atoms with E-state index in [1.54, 1.807) is 0 Å². The first kappa shape index (κ1) is 36.1. The molecule has 0 aliphatic heterocycles. The largest absolute Gasteiger partial charge is 2.00 e. The van der Waals surface area contributed by atoms with Crippen molar-refractivity contribution < 1.29 is 54.9 Å². The molecule has 0 saturated carbocycles. The molecule has 0 rings (SSSR count). The Morgan fingerprint density at radius 1 is 1.20 bits per heavy atom. The summed E-state index contributed by atoms with van der Waals surface area (Å²) < 4.78 is 0. The van der Waals surface area contributed by atoms with Crippen LogP contribution in [-0.4, -0.2) is 73.8 Å². The molecule has 5 heavy (non-hydrogen) atoms. The van der Waals surface area contributed by atoms with Crippen LogP contribution in [0, 0.1) is 0 Å². The Morgan fingerprint density at radius 2 is 1.20 bits per heavy atom. The number of hydrogen-bond donors (Lipinski definition) is 0. The van der Waals surface area contributed by atoms with Crippen LogP contribution in [0.5, 0.6) is 0 Å². The Morgan fingerprint density at radius 3 is 1.20 bits per heavy atom. The van der Waals surface area contributed by atoms with Crippen molar-refractivity contribution in [2.24, 2.45) is 0 Å². The van der Waals surface area contributed by atoms with Gasteiger partial charge >= 0.3 is 45.5 Å². The SMILES string of the molecule is [AlH3].[H-].[H-].[Sc].[SiH4].[Sr+2].[Zr]. The van der Waals surface area contributed by atoms with E-state index in [9.17, 15) is 0 Å². The Bertz CT molecular complexity index is 17.7. The molecule has 0 aliphatic rings. The van der Waals surface area contributed by atoms with Crippen LogP contribution in [0.25, 0.3) is 0 Å². The van der Waals surface area contributed by atoms with E-state index in [2.05, 4.69) is 0 Å². The minimum Gasteiger partial charge on any atom is -1.00 e. The third-order valence-corrected chi connectivity index (χ3v) is 0. The molecule has 0 heterocycles. The molecule has 0 spiro atoms. The maximum atomic E-state index is 0. The van der Waals surface area contributed by atoms with Gasteiger partial charge in [-0.15, -0.1) is 0 Å². The second kappa shape index (κ2) is 24.5. The molecule has 0 bridgehead atoms. The average molecular weight is 288 g/mol. The van der Waals surface area contributed by atoms with Gasteiger partial charge in [-0.1, -0.05) is 0 Å². The molecule has 0 aromatic heterocycles. The zero-order valence-corrected chi connectivity index (χ0v) is 9.52. The summed E-state index contributed by atoms with van der Waals surface area (Å²) in [5.41, 5.74) is 0. The summed E-state index contributed by atoms with van der Waals surface area (Å²) in [5, 5.41) is 0. The van der Waals surface area contributed by atoms with Crippen LogP contribution in [0.4, 0.5) is 0 Å². The molecule has 0 amide bonds. The summed E-state index contributed by atoms with van der Waals surface area (Å²) in [6, 6.07) is 0. The Hall–Kier alpha value is 3.98. The first-order chi connectivity index (χ1) is 0. The Kier molecular flexibility index (Phi) is 177. The van der Waals surface area contributed by atoms with Crippen molar-refractivity contribution >= 4 is 73.8 Å². The van der Waals surface area contributed by atoms with Crippen LogP contribution in [0.15, 0.2) is 0 Å². The predicted molar refractivity (Wildman–Crippen MR) is 29.3 cm³/mol. The minimum atomic E-state index is 0. The fraction of sp³-hybridized carbons (Fsp3) is 0. The molecule has 0 aliphatic carbocycles. The molecular weight excluding hydrogens is 279 g/mol. The van der Waals surface area contributed by atoms with Crippen LogP contribution < -0.4 is 0 Å². The molecule has 0 aromatic carbocycles. The molecule has 0 nitrogen and oxygen atoms in total. The number of rotatable bonds is 0. The summed E-state index contributed by atoms with van der Waals surface area (Å²) in [6.07, 6.45) is 0. The monoisotopic (exact) mass is 287 g/mol. The molecule has 0 unspecified atom stereocenters. The third kappa shape index (κ3) is 18.0. The van der Waals surface area contributed by atoms with Gasteiger partial charge < -0.3 is 2.85 Å². The maximum Gasteiger partial charge on any atom is 2.00 e. The summed E-state index contributed by atoms with van der Waals surface area (Å²) in [4.78, 5) is 0. The van der Waals surface area contributed by atoms with E-state index in [0.717, 1.165) is 0 Å². The van der Waals surface area contributed by atoms with E-state index in [0.29, 0.717) is 0 Å². The minimum absolute atomic E-state index is 0. The fourth-order valence-electron chi connectivity index (χ4n) is 0. The van der Waals surface area contributed by atoms with Crippen molar-refractivity contribution in [3.05, 3.63) is 0 Å². The topological polar surface area (TPSA) is 0 Å². The average Bonchev–Trinajstić information content (AvgIpc) is 0. The zero-order chi connectivity index (χ0) is 0. The maximum absolute atomic E-state index is 0. The molecule has 1 radical (unpaired) electrons. The first-order valence-electron chi connectivity index (χ1n) is 0. The van der Waals surface area contributed by atoms with Gasteiger partial charge in [0, 0.05) is 52.0 Å². The van der Waals surface area contributed by atoms with Crippen molar-refractivity contribution in [3.63, 3.8) is 0 Å². The van der Waals surface area contributed by atoms with Gasteiger partial charge in [0.05, 0.1) is 0 Å². The van der Waals surface area contributed by atoms with E-state index in [1.165, 1.54) is 0 Å². The van der Waals surface area contributed by atoms with Crippen molar-refractivity contribution in [3.8, 4) is 0 Å². The zero-order valence-electron chi connectivity index (χ0n) is 3.78. The van der Waals surface area contributed by atoms with Gasteiger partial charge in [0.15, 0.2) is 17.4 Å². The summed E-state index contributed by atoms with van der Waals surface area (Å²) in [5.74, 6) is 0. The first-order valence-corrected chi connectivity index (χ1v) is 0. The van der Waals surface area contributed by atoms with Gasteiger partial charge in [-0.25, -0.2) is 0 Å². The van der Waals surface area contributed by atoms with E-state index >= 15 is 0 Å². The van der Waals surface area contributed by atoms with Gasteiger partial charge in [-0.3, -0.25) is 0 Å². The molecule has 5 heteroatoms. The summed E-state index contributed by atoms with van der Waals surface area (Å²) in [6.45, 7) is 0. The quantitative estimate of drug-likeness (QED) is 0.423. The molecule has 25 valence electrons. The van der Waals surface area contributed by atoms with Crippen LogP contribution >= 0.6 is 0 Å². The summed E-state index contributed by atoms with van der Waals surface area (Å²) >= 11 is 0. The van der Waals surface area contributed by atoms with Crippen LogP contribution in [0.3, 0.4) is 0 Å². The van der Waals surface area contributed by atoms with E-state index in [4.69, 9.17) is 0 Å². The number of hydrogen-bond acceptors (Lipinski definition) is 0. The molecule has 0 atom stereocenters. The predicted octanol–water partition coefficient (Wildman–Crippen LogP) is -2.80. The summed E-state index contributed by atoms with van der Waals surface area (Å²) in [7, 11) is 0. The van der Waals surface area contributed by atoms with Gasteiger partial charge in [0.2, 0.25) is 0 Å². The van der Waals surface area contributed by atoms with Gasteiger partial charge in [-0.05, 0) is 11.0 Å². The van der Waals surface area contributed by atoms with Crippen molar-refractivity contribution in [2.75, 3.05) is 0 Å². The Labute approximate surface area is 126 Å². The molecular formula is H9AlScSiSrZr. The second-order valence-corrected chi connectivity index (χ2v) is 0. The van der Waals surface area contributed by atoms with Crippen LogP contribution in [0.1, 0.15) is 2.85 Å². The molecule has 0 fully saturated rings. The van der Waals surface area contributed by atoms with E-state index < -0.39 is 0 Å². The molecule has 0 saturated heterocycles. The van der Waals surface area contributed by atoms with Crippen LogP contribution in [0.2, 0.25) is 0 Å². The van der Waals surface area contributed by atoms with Crippen molar-refractivity contribution in [1.29, 1.82) is 0 Å². The third-order valence-electron chi connectivity index (χ3n) is 0. The smallest absolute Gasteiger partial charge is 1.00 e. The normalized spacial score (nSPS) is 0. The molecule has 0 aromatic rings. The van der Waals surface area contributed by atoms with E-state index in [-0.39, 0.29) is 129 Å². The van der Waals surface area contributed by atoms with E-state index in [1.807, 2.05) is 0 Å². The fourth-order valence-corrected chi connectivity index (χ4v) is 0. The van der Waals surface area contributed by atoms with Crippen molar-refractivity contribution in [2.45, 2.75) is 0 Å². The Balaban J connectivity index is 0. The standard InChI is InChI=1S/Al.Sc.H4Si.Sr.Zr.5H/h;;1H4;;;;;;;/q;;;+2;;;;;2*-1. The molecule has 0 N–H and O–H groups in total. The van der Waals surface area contributed by atoms with Gasteiger partial charge in [-0.2, -0.15) is 0 Å². The van der Waals surface area contributed by atoms with Gasteiger partial charge in [0.25, 0.3) is 0 Å². The van der Waals surface area contributed by atoms with Crippen LogP contribution in [-0.2, 0) is 52.0 Å². The van der Waals surface area contributed by atoms with Crippen molar-refractivity contribution in [1.82, 2.24) is 0 Å². The van der Waals surface area contributed by atoms with Gasteiger partial charge in [0.1, 0.15) is 0 Å². The second-order valence-electron chi connectivity index (χ2n) is 0.